The molecular formula is C24H23FN2O4S. The third-order valence-electron chi connectivity index (χ3n) is 5.33. The number of benzene rings is 3. The van der Waals surface area contributed by atoms with Crippen molar-refractivity contribution >= 4 is 21.6 Å². The van der Waals surface area contributed by atoms with Crippen LogP contribution in [0.4, 0.5) is 10.1 Å². The van der Waals surface area contributed by atoms with Crippen molar-refractivity contribution in [2.45, 2.75) is 24.8 Å². The van der Waals surface area contributed by atoms with Crippen LogP contribution < -0.4 is 14.4 Å². The highest BCUT2D eigenvalue weighted by molar-refractivity contribution is 7.93. The Morgan fingerprint density at radius 2 is 1.78 bits per heavy atom. The number of nitrogens with zero attached hydrogens (tertiary/aromatic N) is 1. The average molecular weight is 455 g/mol. The fraction of sp³-hybridized carbons (Fsp3) is 0.208. The van der Waals surface area contributed by atoms with Gasteiger partial charge in [0.2, 0.25) is 5.91 Å². The number of fused-ring (bicyclic) bond motifs is 3. The normalized spacial score (nSPS) is 14.8. The zero-order valence-electron chi connectivity index (χ0n) is 17.7. The minimum atomic E-state index is -3.98. The average Bonchev–Trinajstić information content (AvgIpc) is 2.77. The Balaban J connectivity index is 1.59. The number of ether oxygens (including phenoxy) is 1. The molecule has 3 aromatic rings. The molecule has 0 spiro atoms. The van der Waals surface area contributed by atoms with Gasteiger partial charge in [0, 0.05) is 11.1 Å². The third kappa shape index (κ3) is 4.05. The van der Waals surface area contributed by atoms with Gasteiger partial charge in [-0.05, 0) is 55.8 Å². The minimum Gasteiger partial charge on any atom is -0.494 e. The molecule has 0 unspecified atom stereocenters. The summed E-state index contributed by atoms with van der Waals surface area (Å²) in [7, 11) is -3.98. The summed E-state index contributed by atoms with van der Waals surface area (Å²) in [4.78, 5) is 12.9. The number of amides is 1. The number of rotatable bonds is 6. The molecule has 8 heteroatoms. The Morgan fingerprint density at radius 1 is 1.06 bits per heavy atom. The molecule has 0 aromatic heterocycles. The van der Waals surface area contributed by atoms with E-state index in [1.165, 1.54) is 24.3 Å². The maximum absolute atomic E-state index is 14.0. The molecule has 0 aliphatic carbocycles. The molecule has 32 heavy (non-hydrogen) atoms. The van der Waals surface area contributed by atoms with Crippen LogP contribution in [0.15, 0.2) is 71.6 Å². The molecule has 3 aromatic carbocycles. The van der Waals surface area contributed by atoms with E-state index >= 15 is 0 Å². The highest BCUT2D eigenvalue weighted by atomic mass is 32.2. The van der Waals surface area contributed by atoms with Gasteiger partial charge in [-0.3, -0.25) is 9.10 Å². The maximum atomic E-state index is 14.0. The molecule has 4 rings (SSSR count). The molecule has 0 saturated carbocycles. The molecule has 1 N–H and O–H groups in total. The summed E-state index contributed by atoms with van der Waals surface area (Å²) in [5, 5.41) is 2.84. The van der Waals surface area contributed by atoms with Gasteiger partial charge >= 0.3 is 0 Å². The van der Waals surface area contributed by atoms with Crippen molar-refractivity contribution in [3.8, 4) is 16.9 Å². The minimum absolute atomic E-state index is 0.0467. The Morgan fingerprint density at radius 3 is 2.50 bits per heavy atom. The second-order valence-electron chi connectivity index (χ2n) is 7.46. The van der Waals surface area contributed by atoms with Crippen LogP contribution >= 0.6 is 0 Å². The summed E-state index contributed by atoms with van der Waals surface area (Å²) in [5.74, 6) is -0.215. The van der Waals surface area contributed by atoms with Crippen LogP contribution in [0.2, 0.25) is 0 Å². The van der Waals surface area contributed by atoms with Gasteiger partial charge in [-0.25, -0.2) is 12.8 Å². The standard InChI is InChI=1S/C24H23FN2O4S/c1-3-31-19-11-8-17(9-12-19)16(2)26-24(28)15-27-22-13-10-18(25)14-21(22)20-6-4-5-7-23(20)32(27,29)30/h4-14,16H,3,15H2,1-2H3,(H,26,28)/t16-/m0/s1. The lowest BCUT2D eigenvalue weighted by molar-refractivity contribution is -0.120. The SMILES string of the molecule is CCOc1ccc([C@H](C)NC(=O)CN2c3ccc(F)cc3-c3ccccc3S2(=O)=O)cc1. The first-order chi connectivity index (χ1) is 15.3. The largest absolute Gasteiger partial charge is 0.494 e. The van der Waals surface area contributed by atoms with Crippen LogP contribution in [0.1, 0.15) is 25.5 Å². The van der Waals surface area contributed by atoms with Crippen molar-refractivity contribution < 1.29 is 22.3 Å². The Labute approximate surface area is 186 Å². The predicted molar refractivity (Wildman–Crippen MR) is 121 cm³/mol. The van der Waals surface area contributed by atoms with Gasteiger partial charge in [-0.1, -0.05) is 30.3 Å². The number of hydrogen-bond donors (Lipinski definition) is 1. The molecule has 1 aliphatic rings. The first-order valence-electron chi connectivity index (χ1n) is 10.2. The first kappa shape index (κ1) is 21.8. The first-order valence-corrected chi connectivity index (χ1v) is 11.7. The molecule has 0 fully saturated rings. The van der Waals surface area contributed by atoms with Crippen molar-refractivity contribution in [1.29, 1.82) is 0 Å². The van der Waals surface area contributed by atoms with Gasteiger partial charge in [0.25, 0.3) is 10.0 Å². The quantitative estimate of drug-likeness (QED) is 0.603. The number of carbonyl (C=O) groups is 1. The highest BCUT2D eigenvalue weighted by Crippen LogP contribution is 2.43. The van der Waals surface area contributed by atoms with E-state index in [0.717, 1.165) is 15.6 Å². The van der Waals surface area contributed by atoms with Gasteiger partial charge in [-0.2, -0.15) is 0 Å². The summed E-state index contributed by atoms with van der Waals surface area (Å²) in [6, 6.07) is 17.3. The van der Waals surface area contributed by atoms with Crippen LogP contribution in [0, 0.1) is 5.82 Å². The van der Waals surface area contributed by atoms with Crippen molar-refractivity contribution in [2.75, 3.05) is 17.5 Å². The van der Waals surface area contributed by atoms with Gasteiger partial charge in [0.05, 0.1) is 23.2 Å². The van der Waals surface area contributed by atoms with E-state index in [1.807, 2.05) is 38.1 Å². The number of nitrogens with one attached hydrogen (secondary N) is 1. The molecule has 1 amide bonds. The number of halogens is 1. The van der Waals surface area contributed by atoms with Gasteiger partial charge in [0.15, 0.2) is 0 Å². The fourth-order valence-electron chi connectivity index (χ4n) is 3.79. The van der Waals surface area contributed by atoms with Crippen molar-refractivity contribution in [3.63, 3.8) is 0 Å². The topological polar surface area (TPSA) is 75.7 Å². The molecule has 6 nitrogen and oxygen atoms in total. The van der Waals surface area contributed by atoms with Crippen LogP contribution in [-0.4, -0.2) is 27.5 Å². The monoisotopic (exact) mass is 454 g/mol. The van der Waals surface area contributed by atoms with Crippen LogP contribution in [0.3, 0.4) is 0 Å². The Kier molecular flexibility index (Phi) is 5.88. The van der Waals surface area contributed by atoms with E-state index < -0.39 is 28.3 Å². The molecule has 1 atom stereocenters. The van der Waals surface area contributed by atoms with Gasteiger partial charge in [-0.15, -0.1) is 0 Å². The number of anilines is 1. The summed E-state index contributed by atoms with van der Waals surface area (Å²) < 4.78 is 47.0. The van der Waals surface area contributed by atoms with Crippen molar-refractivity contribution in [2.24, 2.45) is 0 Å². The lowest BCUT2D eigenvalue weighted by Gasteiger charge is -2.32. The van der Waals surface area contributed by atoms with Gasteiger partial charge in [0.1, 0.15) is 18.1 Å². The highest BCUT2D eigenvalue weighted by Gasteiger charge is 2.36. The molecule has 0 saturated heterocycles. The predicted octanol–water partition coefficient (Wildman–Crippen LogP) is 4.28. The number of hydrogen-bond acceptors (Lipinski definition) is 4. The molecule has 166 valence electrons. The maximum Gasteiger partial charge on any atom is 0.265 e. The summed E-state index contributed by atoms with van der Waals surface area (Å²) >= 11 is 0. The van der Waals surface area contributed by atoms with Crippen LogP contribution in [0.25, 0.3) is 11.1 Å². The van der Waals surface area contributed by atoms with Gasteiger partial charge < -0.3 is 10.1 Å². The molecule has 0 radical (unpaired) electrons. The summed E-state index contributed by atoms with van der Waals surface area (Å²) in [6.45, 7) is 3.86. The lowest BCUT2D eigenvalue weighted by atomic mass is 10.0. The lowest BCUT2D eigenvalue weighted by Crippen LogP contribution is -2.43. The third-order valence-corrected chi connectivity index (χ3v) is 7.15. The van der Waals surface area contributed by atoms with E-state index in [1.54, 1.807) is 18.2 Å². The molecular weight excluding hydrogens is 431 g/mol. The Hall–Kier alpha value is -3.39. The van der Waals surface area contributed by atoms with E-state index in [2.05, 4.69) is 5.32 Å². The molecule has 1 heterocycles. The molecule has 1 aliphatic heterocycles. The van der Waals surface area contributed by atoms with E-state index in [-0.39, 0.29) is 16.6 Å². The zero-order chi connectivity index (χ0) is 22.9. The second-order valence-corrected chi connectivity index (χ2v) is 9.29. The Bertz CT molecular complexity index is 1260. The molecule has 0 bridgehead atoms. The smallest absolute Gasteiger partial charge is 0.265 e. The summed E-state index contributed by atoms with van der Waals surface area (Å²) in [6.07, 6.45) is 0. The zero-order valence-corrected chi connectivity index (χ0v) is 18.5. The van der Waals surface area contributed by atoms with Crippen molar-refractivity contribution in [3.05, 3.63) is 78.1 Å². The number of sulfonamides is 1. The fourth-order valence-corrected chi connectivity index (χ4v) is 5.44. The van der Waals surface area contributed by atoms with Crippen LogP contribution in [0.5, 0.6) is 5.75 Å². The summed E-state index contributed by atoms with van der Waals surface area (Å²) in [5.41, 5.74) is 1.98. The van der Waals surface area contributed by atoms with E-state index in [4.69, 9.17) is 4.74 Å². The van der Waals surface area contributed by atoms with Crippen LogP contribution in [-0.2, 0) is 14.8 Å². The van der Waals surface area contributed by atoms with Crippen molar-refractivity contribution in [1.82, 2.24) is 5.32 Å². The van der Waals surface area contributed by atoms with E-state index in [9.17, 15) is 17.6 Å². The van der Waals surface area contributed by atoms with E-state index in [0.29, 0.717) is 17.7 Å². The second kappa shape index (κ2) is 8.63. The number of carbonyl (C=O) groups excluding carboxylic acids is 1.